The number of carbonyl (C=O) groups is 1. The van der Waals surface area contributed by atoms with Gasteiger partial charge in [0.15, 0.2) is 0 Å². The van der Waals surface area contributed by atoms with Gasteiger partial charge in [0.25, 0.3) is 0 Å². The third-order valence-electron chi connectivity index (χ3n) is 14.1. The highest BCUT2D eigenvalue weighted by Crippen LogP contribution is 2.18. The van der Waals surface area contributed by atoms with Gasteiger partial charge in [-0.1, -0.05) is 321 Å². The molecule has 5 heteroatoms. The highest BCUT2D eigenvalue weighted by atomic mass is 16.3. The van der Waals surface area contributed by atoms with E-state index in [0.29, 0.717) is 6.42 Å². The Morgan fingerprint density at radius 2 is 0.641 bits per heavy atom. The van der Waals surface area contributed by atoms with Crippen molar-refractivity contribution in [1.82, 2.24) is 5.32 Å². The lowest BCUT2D eigenvalue weighted by atomic mass is 10.0. The van der Waals surface area contributed by atoms with Crippen molar-refractivity contribution >= 4 is 5.91 Å². The van der Waals surface area contributed by atoms with E-state index < -0.39 is 18.2 Å². The molecule has 3 atom stereocenters. The van der Waals surface area contributed by atoms with Gasteiger partial charge in [-0.2, -0.15) is 0 Å². The molecule has 382 valence electrons. The summed E-state index contributed by atoms with van der Waals surface area (Å²) in [5, 5.41) is 33.4. The van der Waals surface area contributed by atoms with Crippen LogP contribution in [-0.4, -0.2) is 46.1 Å². The first kappa shape index (κ1) is 63.1. The largest absolute Gasteiger partial charge is 0.394 e. The lowest BCUT2D eigenvalue weighted by Crippen LogP contribution is -2.45. The average Bonchev–Trinajstić information content (AvgIpc) is 3.29. The fourth-order valence-electron chi connectivity index (χ4n) is 9.58. The van der Waals surface area contributed by atoms with Gasteiger partial charge in [0, 0.05) is 0 Å². The van der Waals surface area contributed by atoms with Crippen LogP contribution in [0.3, 0.4) is 0 Å². The number of nitrogens with one attached hydrogen (secondary N) is 1. The van der Waals surface area contributed by atoms with Crippen LogP contribution in [0.15, 0.2) is 12.2 Å². The van der Waals surface area contributed by atoms with Crippen LogP contribution in [0.25, 0.3) is 0 Å². The second-order valence-electron chi connectivity index (χ2n) is 20.6. The molecule has 0 radical (unpaired) electrons. The first-order valence-electron chi connectivity index (χ1n) is 29.5. The maximum absolute atomic E-state index is 12.5. The van der Waals surface area contributed by atoms with Gasteiger partial charge in [-0.05, 0) is 19.3 Å². The molecule has 4 N–H and O–H groups in total. The second kappa shape index (κ2) is 54.7. The van der Waals surface area contributed by atoms with Crippen molar-refractivity contribution in [3.8, 4) is 0 Å². The molecule has 0 fully saturated rings. The van der Waals surface area contributed by atoms with Crippen molar-refractivity contribution in [2.75, 3.05) is 6.61 Å². The topological polar surface area (TPSA) is 89.8 Å². The number of amides is 1. The maximum Gasteiger partial charge on any atom is 0.222 e. The molecule has 0 bridgehead atoms. The van der Waals surface area contributed by atoms with E-state index in [4.69, 9.17) is 0 Å². The van der Waals surface area contributed by atoms with Gasteiger partial charge >= 0.3 is 0 Å². The highest BCUT2D eigenvalue weighted by molar-refractivity contribution is 5.76. The Kier molecular flexibility index (Phi) is 53.9. The van der Waals surface area contributed by atoms with Gasteiger partial charge in [0.2, 0.25) is 5.91 Å². The lowest BCUT2D eigenvalue weighted by molar-refractivity contribution is -0.124. The highest BCUT2D eigenvalue weighted by Gasteiger charge is 2.20. The molecule has 0 saturated carbocycles. The summed E-state index contributed by atoms with van der Waals surface area (Å²) in [4.78, 5) is 12.5. The van der Waals surface area contributed by atoms with E-state index in [1.807, 2.05) is 6.08 Å². The minimum Gasteiger partial charge on any atom is -0.394 e. The number of allylic oxidation sites excluding steroid dienone is 1. The van der Waals surface area contributed by atoms with Crippen LogP contribution in [0.5, 0.6) is 0 Å². The van der Waals surface area contributed by atoms with E-state index in [1.165, 1.54) is 283 Å². The maximum atomic E-state index is 12.5. The van der Waals surface area contributed by atoms with Crippen LogP contribution >= 0.6 is 0 Å². The van der Waals surface area contributed by atoms with E-state index in [1.54, 1.807) is 6.08 Å². The molecule has 1 amide bonds. The molecule has 64 heavy (non-hydrogen) atoms. The van der Waals surface area contributed by atoms with Gasteiger partial charge < -0.3 is 20.6 Å². The summed E-state index contributed by atoms with van der Waals surface area (Å²) in [5.41, 5.74) is 0. The summed E-state index contributed by atoms with van der Waals surface area (Å²) < 4.78 is 0. The summed E-state index contributed by atoms with van der Waals surface area (Å²) in [7, 11) is 0. The summed E-state index contributed by atoms with van der Waals surface area (Å²) in [6.45, 7) is 4.24. The second-order valence-corrected chi connectivity index (χ2v) is 20.6. The Morgan fingerprint density at radius 3 is 0.906 bits per heavy atom. The Hall–Kier alpha value is -0.910. The molecule has 0 aromatic carbocycles. The third-order valence-corrected chi connectivity index (χ3v) is 14.1. The normalized spacial score (nSPS) is 13.3. The fourth-order valence-corrected chi connectivity index (χ4v) is 9.58. The van der Waals surface area contributed by atoms with Crippen LogP contribution < -0.4 is 5.32 Å². The first-order chi connectivity index (χ1) is 31.5. The number of hydrogen-bond acceptors (Lipinski definition) is 4. The zero-order valence-corrected chi connectivity index (χ0v) is 43.7. The molecule has 5 nitrogen and oxygen atoms in total. The van der Waals surface area contributed by atoms with E-state index in [0.717, 1.165) is 25.7 Å². The van der Waals surface area contributed by atoms with Gasteiger partial charge in [-0.25, -0.2) is 0 Å². The Morgan fingerprint density at radius 1 is 0.391 bits per heavy atom. The van der Waals surface area contributed by atoms with Crippen LogP contribution in [0.4, 0.5) is 0 Å². The zero-order valence-electron chi connectivity index (χ0n) is 43.7. The summed E-state index contributed by atoms with van der Waals surface area (Å²) in [6, 6.07) is -0.740. The van der Waals surface area contributed by atoms with Gasteiger partial charge in [0.05, 0.1) is 31.3 Å². The third kappa shape index (κ3) is 50.5. The van der Waals surface area contributed by atoms with Gasteiger partial charge in [-0.15, -0.1) is 0 Å². The van der Waals surface area contributed by atoms with Crippen molar-refractivity contribution < 1.29 is 20.1 Å². The smallest absolute Gasteiger partial charge is 0.222 e. The van der Waals surface area contributed by atoms with Gasteiger partial charge in [0.1, 0.15) is 0 Å². The number of aliphatic hydroxyl groups is 3. The molecule has 0 aliphatic carbocycles. The number of carbonyl (C=O) groups excluding carboxylic acids is 1. The van der Waals surface area contributed by atoms with Gasteiger partial charge in [-0.3, -0.25) is 4.79 Å². The van der Waals surface area contributed by atoms with E-state index in [2.05, 4.69) is 19.2 Å². The van der Waals surface area contributed by atoms with E-state index >= 15 is 0 Å². The molecule has 0 aromatic heterocycles. The quantitative estimate of drug-likeness (QED) is 0.0362. The summed E-state index contributed by atoms with van der Waals surface area (Å²) >= 11 is 0. The van der Waals surface area contributed by atoms with Crippen LogP contribution in [0, 0.1) is 0 Å². The molecule has 0 aliphatic rings. The zero-order chi connectivity index (χ0) is 46.5. The van der Waals surface area contributed by atoms with Crippen molar-refractivity contribution in [1.29, 1.82) is 0 Å². The molecule has 0 aromatic rings. The van der Waals surface area contributed by atoms with Crippen molar-refractivity contribution in [3.05, 3.63) is 12.2 Å². The molecular weight excluding hydrogens is 787 g/mol. The van der Waals surface area contributed by atoms with E-state index in [9.17, 15) is 20.1 Å². The fraction of sp³-hybridized carbons (Fsp3) is 0.949. The average molecular weight is 905 g/mol. The summed E-state index contributed by atoms with van der Waals surface area (Å²) in [5.74, 6) is -0.309. The molecule has 0 heterocycles. The lowest BCUT2D eigenvalue weighted by Gasteiger charge is -2.21. The number of rotatable bonds is 55. The standard InChI is InChI=1S/C59H117NO4/c1-3-5-7-9-11-13-15-17-19-20-21-22-23-24-25-26-27-28-29-30-31-32-33-34-35-36-37-38-39-40-42-44-46-48-50-52-56(62)54-59(64)60-57(55-61)58(63)53-51-49-47-45-43-41-18-16-14-12-10-8-6-4-2/h51,53,56-58,61-63H,3-50,52,54-55H2,1-2H3,(H,60,64)/b53-51+. The van der Waals surface area contributed by atoms with Crippen LogP contribution in [0.1, 0.15) is 335 Å². The molecule has 3 unspecified atom stereocenters. The molecule has 0 spiro atoms. The van der Waals surface area contributed by atoms with Crippen LogP contribution in [-0.2, 0) is 4.79 Å². The van der Waals surface area contributed by atoms with Crippen molar-refractivity contribution in [2.45, 2.75) is 353 Å². The Bertz CT molecular complexity index is 909. The minimum atomic E-state index is -0.925. The minimum absolute atomic E-state index is 0.0193. The molecule has 0 rings (SSSR count). The Balaban J connectivity index is 3.43. The first-order valence-corrected chi connectivity index (χ1v) is 29.5. The number of aliphatic hydroxyl groups excluding tert-OH is 3. The molecular formula is C59H117NO4. The molecule has 0 saturated heterocycles. The number of hydrogen-bond donors (Lipinski definition) is 4. The monoisotopic (exact) mass is 904 g/mol. The number of unbranched alkanes of at least 4 members (excludes halogenated alkanes) is 46. The SMILES string of the molecule is CCCCCCCCCCCCCC/C=C/C(O)C(CO)NC(=O)CC(O)CCCCCCCCCCCCCCCCCCCCCCCCCCCCCCCCCCCCC. The van der Waals surface area contributed by atoms with E-state index in [-0.39, 0.29) is 18.9 Å². The Labute approximate surface area is 401 Å². The van der Waals surface area contributed by atoms with Crippen molar-refractivity contribution in [2.24, 2.45) is 0 Å². The summed E-state index contributed by atoms with van der Waals surface area (Å²) in [6.07, 6.45) is 68.6. The molecule has 0 aliphatic heterocycles. The van der Waals surface area contributed by atoms with Crippen LogP contribution in [0.2, 0.25) is 0 Å². The van der Waals surface area contributed by atoms with Crippen molar-refractivity contribution in [3.63, 3.8) is 0 Å². The predicted molar refractivity (Wildman–Crippen MR) is 282 cm³/mol. The predicted octanol–water partition coefficient (Wildman–Crippen LogP) is 18.3.